The molecule has 1 aliphatic heterocycles. The van der Waals surface area contributed by atoms with Crippen LogP contribution >= 0.6 is 0 Å². The number of aromatic nitrogens is 2. The molecule has 0 bridgehead atoms. The number of rotatable bonds is 4. The fourth-order valence-corrected chi connectivity index (χ4v) is 2.09. The summed E-state index contributed by atoms with van der Waals surface area (Å²) in [5, 5.41) is 18.9. The zero-order chi connectivity index (χ0) is 14.9. The lowest BCUT2D eigenvalue weighted by Crippen LogP contribution is -2.33. The van der Waals surface area contributed by atoms with Crippen molar-refractivity contribution >= 4 is 18.4 Å². The number of aliphatic hydroxyl groups is 2. The highest BCUT2D eigenvalue weighted by molar-refractivity contribution is 5.80. The number of aliphatic hydroxyl groups excluding tert-OH is 2. The Hall–Kier alpha value is -2.10. The van der Waals surface area contributed by atoms with Crippen LogP contribution in [0.3, 0.4) is 0 Å². The molecule has 0 saturated carbocycles. The standard InChI is InChI=1S/C11H13N3O6/c12-9-5(2-15)1-14(11(19)13-9)10-6(3-16)8(18)7(4-17)20-10/h1-3,6-8,10,17-18H,4H2,(H2,12,13,19)/t6-,7+,8+,10+/m0/s1. The summed E-state index contributed by atoms with van der Waals surface area (Å²) in [6.07, 6.45) is -1.48. The van der Waals surface area contributed by atoms with E-state index in [9.17, 15) is 19.5 Å². The molecule has 0 radical (unpaired) electrons. The topological polar surface area (TPSA) is 145 Å². The number of nitrogen functional groups attached to an aromatic ring is 1. The van der Waals surface area contributed by atoms with Gasteiger partial charge in [-0.3, -0.25) is 9.36 Å². The van der Waals surface area contributed by atoms with Gasteiger partial charge in [0.15, 0.2) is 12.5 Å². The number of aldehydes is 2. The van der Waals surface area contributed by atoms with Crippen LogP contribution in [-0.4, -0.2) is 51.2 Å². The van der Waals surface area contributed by atoms with Crippen LogP contribution in [0.4, 0.5) is 5.82 Å². The number of carbonyl (C=O) groups is 2. The van der Waals surface area contributed by atoms with Crippen molar-refractivity contribution in [1.82, 2.24) is 9.55 Å². The van der Waals surface area contributed by atoms with Crippen LogP contribution in [0.15, 0.2) is 11.0 Å². The molecule has 20 heavy (non-hydrogen) atoms. The average Bonchev–Trinajstić information content (AvgIpc) is 2.75. The van der Waals surface area contributed by atoms with Gasteiger partial charge >= 0.3 is 5.69 Å². The molecule has 108 valence electrons. The second kappa shape index (κ2) is 5.49. The molecular weight excluding hydrogens is 270 g/mol. The minimum Gasteiger partial charge on any atom is -0.394 e. The van der Waals surface area contributed by atoms with Crippen LogP contribution in [0.25, 0.3) is 0 Å². The van der Waals surface area contributed by atoms with Crippen LogP contribution in [0.1, 0.15) is 16.6 Å². The Kier molecular flexibility index (Phi) is 3.93. The number of nitrogens with two attached hydrogens (primary N) is 1. The van der Waals surface area contributed by atoms with E-state index in [1.54, 1.807) is 0 Å². The van der Waals surface area contributed by atoms with Gasteiger partial charge < -0.3 is 25.5 Å². The van der Waals surface area contributed by atoms with E-state index in [1.807, 2.05) is 0 Å². The van der Waals surface area contributed by atoms with Crippen molar-refractivity contribution in [3.8, 4) is 0 Å². The zero-order valence-electron chi connectivity index (χ0n) is 10.2. The summed E-state index contributed by atoms with van der Waals surface area (Å²) in [4.78, 5) is 37.1. The van der Waals surface area contributed by atoms with Crippen molar-refractivity contribution in [2.45, 2.75) is 18.4 Å². The maximum Gasteiger partial charge on any atom is 0.351 e. The van der Waals surface area contributed by atoms with Crippen LogP contribution in [0.5, 0.6) is 0 Å². The molecule has 9 heteroatoms. The van der Waals surface area contributed by atoms with E-state index in [2.05, 4.69) is 4.98 Å². The summed E-state index contributed by atoms with van der Waals surface area (Å²) in [6.45, 7) is -0.514. The van der Waals surface area contributed by atoms with Crippen LogP contribution in [0, 0.1) is 5.92 Å². The Labute approximate surface area is 112 Å². The average molecular weight is 283 g/mol. The minimum atomic E-state index is -1.26. The number of carbonyl (C=O) groups excluding carboxylic acids is 2. The molecule has 1 fully saturated rings. The molecule has 4 atom stereocenters. The Morgan fingerprint density at radius 1 is 1.50 bits per heavy atom. The van der Waals surface area contributed by atoms with Crippen molar-refractivity contribution in [3.63, 3.8) is 0 Å². The molecule has 1 aliphatic rings. The maximum absolute atomic E-state index is 11.8. The van der Waals surface area contributed by atoms with Crippen molar-refractivity contribution in [3.05, 3.63) is 22.2 Å². The fraction of sp³-hybridized carbons (Fsp3) is 0.455. The van der Waals surface area contributed by atoms with Crippen LogP contribution in [-0.2, 0) is 9.53 Å². The maximum atomic E-state index is 11.8. The number of ether oxygens (including phenoxy) is 1. The lowest BCUT2D eigenvalue weighted by molar-refractivity contribution is -0.116. The highest BCUT2D eigenvalue weighted by Crippen LogP contribution is 2.32. The first kappa shape index (κ1) is 14.3. The van der Waals surface area contributed by atoms with E-state index in [1.165, 1.54) is 0 Å². The predicted octanol–water partition coefficient (Wildman–Crippen LogP) is -2.30. The summed E-state index contributed by atoms with van der Waals surface area (Å²) in [7, 11) is 0. The SMILES string of the molecule is Nc1nc(=O)n([C@@H]2O[C@H](CO)[C@H](O)[C@@H]2C=O)cc1C=O. The largest absolute Gasteiger partial charge is 0.394 e. The van der Waals surface area contributed by atoms with Gasteiger partial charge in [-0.05, 0) is 0 Å². The van der Waals surface area contributed by atoms with E-state index in [-0.39, 0.29) is 11.4 Å². The van der Waals surface area contributed by atoms with Gasteiger partial charge in [-0.1, -0.05) is 0 Å². The summed E-state index contributed by atoms with van der Waals surface area (Å²) in [5.41, 5.74) is 4.53. The first-order valence-corrected chi connectivity index (χ1v) is 5.77. The molecule has 2 heterocycles. The van der Waals surface area contributed by atoms with Gasteiger partial charge in [0, 0.05) is 6.20 Å². The van der Waals surface area contributed by atoms with Crippen molar-refractivity contribution in [1.29, 1.82) is 0 Å². The van der Waals surface area contributed by atoms with Crippen LogP contribution < -0.4 is 11.4 Å². The Morgan fingerprint density at radius 3 is 2.75 bits per heavy atom. The normalized spacial score (nSPS) is 29.3. The predicted molar refractivity (Wildman–Crippen MR) is 64.9 cm³/mol. The van der Waals surface area contributed by atoms with Gasteiger partial charge in [0.25, 0.3) is 0 Å². The molecule has 9 nitrogen and oxygen atoms in total. The molecule has 0 unspecified atom stereocenters. The Balaban J connectivity index is 2.48. The van der Waals surface area contributed by atoms with Gasteiger partial charge in [0.05, 0.1) is 24.2 Å². The van der Waals surface area contributed by atoms with Crippen molar-refractivity contribution in [2.24, 2.45) is 5.92 Å². The number of hydrogen-bond acceptors (Lipinski definition) is 8. The van der Waals surface area contributed by atoms with Gasteiger partial charge in [0.2, 0.25) is 0 Å². The number of nitrogens with zero attached hydrogens (tertiary/aromatic N) is 2. The summed E-state index contributed by atoms with van der Waals surface area (Å²) in [5.74, 6) is -1.30. The van der Waals surface area contributed by atoms with Crippen LogP contribution in [0.2, 0.25) is 0 Å². The van der Waals surface area contributed by atoms with E-state index >= 15 is 0 Å². The zero-order valence-corrected chi connectivity index (χ0v) is 10.2. The van der Waals surface area contributed by atoms with Crippen molar-refractivity contribution in [2.75, 3.05) is 12.3 Å². The molecule has 1 aromatic rings. The first-order chi connectivity index (χ1) is 9.53. The van der Waals surface area contributed by atoms with Gasteiger partial charge in [-0.15, -0.1) is 0 Å². The van der Waals surface area contributed by atoms with Gasteiger partial charge in [-0.2, -0.15) is 4.98 Å². The molecule has 0 spiro atoms. The molecule has 1 aromatic heterocycles. The first-order valence-electron chi connectivity index (χ1n) is 5.77. The number of anilines is 1. The summed E-state index contributed by atoms with van der Waals surface area (Å²) >= 11 is 0. The smallest absolute Gasteiger partial charge is 0.351 e. The molecule has 0 aliphatic carbocycles. The molecule has 0 aromatic carbocycles. The molecule has 1 saturated heterocycles. The highest BCUT2D eigenvalue weighted by Gasteiger charge is 2.44. The molecule has 4 N–H and O–H groups in total. The molecule has 0 amide bonds. The fourth-order valence-electron chi connectivity index (χ4n) is 2.09. The second-order valence-electron chi connectivity index (χ2n) is 4.34. The summed E-state index contributed by atoms with van der Waals surface area (Å²) < 4.78 is 6.17. The Bertz CT molecular complexity index is 586. The summed E-state index contributed by atoms with van der Waals surface area (Å²) in [6, 6.07) is 0. The lowest BCUT2D eigenvalue weighted by atomic mass is 10.0. The molecule has 2 rings (SSSR count). The second-order valence-corrected chi connectivity index (χ2v) is 4.34. The van der Waals surface area contributed by atoms with E-state index < -0.39 is 36.7 Å². The lowest BCUT2D eigenvalue weighted by Gasteiger charge is -2.17. The van der Waals surface area contributed by atoms with E-state index in [0.717, 1.165) is 10.8 Å². The third-order valence-corrected chi connectivity index (χ3v) is 3.17. The quantitative estimate of drug-likeness (QED) is 0.523. The van der Waals surface area contributed by atoms with Gasteiger partial charge in [0.1, 0.15) is 18.2 Å². The number of hydrogen-bond donors (Lipinski definition) is 3. The van der Waals surface area contributed by atoms with E-state index in [4.69, 9.17) is 15.6 Å². The third-order valence-electron chi connectivity index (χ3n) is 3.17. The van der Waals surface area contributed by atoms with Crippen molar-refractivity contribution < 1.29 is 24.5 Å². The minimum absolute atomic E-state index is 0.0419. The monoisotopic (exact) mass is 283 g/mol. The van der Waals surface area contributed by atoms with Gasteiger partial charge in [-0.25, -0.2) is 4.79 Å². The Morgan fingerprint density at radius 2 is 2.20 bits per heavy atom. The molecular formula is C11H13N3O6. The highest BCUT2D eigenvalue weighted by atomic mass is 16.5. The van der Waals surface area contributed by atoms with E-state index in [0.29, 0.717) is 12.6 Å². The third kappa shape index (κ3) is 2.22.